The number of hydrogen-bond acceptors (Lipinski definition) is 4. The minimum Gasteiger partial charge on any atom is -0.497 e. The monoisotopic (exact) mass is 365 g/mol. The molecular weight excluding hydrogens is 342 g/mol. The zero-order valence-corrected chi connectivity index (χ0v) is 15.7. The number of imidazole rings is 1. The van der Waals surface area contributed by atoms with Crippen molar-refractivity contribution in [2.24, 2.45) is 0 Å². The third-order valence-electron chi connectivity index (χ3n) is 4.31. The van der Waals surface area contributed by atoms with Crippen LogP contribution in [0, 0.1) is 0 Å². The molecule has 3 rings (SSSR count). The Bertz CT molecular complexity index is 906. The molecule has 0 saturated carbocycles. The van der Waals surface area contributed by atoms with Crippen molar-refractivity contribution in [1.82, 2.24) is 15.3 Å². The first-order valence-corrected chi connectivity index (χ1v) is 8.71. The normalized spacial score (nSPS) is 11.7. The Morgan fingerprint density at radius 2 is 1.93 bits per heavy atom. The molecule has 1 atom stereocenters. The predicted octanol–water partition coefficient (Wildman–Crippen LogP) is 3.51. The Morgan fingerprint density at radius 3 is 2.63 bits per heavy atom. The number of aromatic nitrogens is 2. The van der Waals surface area contributed by atoms with E-state index in [9.17, 15) is 4.79 Å². The quantitative estimate of drug-likeness (QED) is 0.672. The summed E-state index contributed by atoms with van der Waals surface area (Å²) in [4.78, 5) is 20.1. The highest BCUT2D eigenvalue weighted by molar-refractivity contribution is 5.79. The third-order valence-corrected chi connectivity index (χ3v) is 4.31. The van der Waals surface area contributed by atoms with Gasteiger partial charge in [0.15, 0.2) is 0 Å². The summed E-state index contributed by atoms with van der Waals surface area (Å²) in [6.07, 6.45) is 1.99. The zero-order chi connectivity index (χ0) is 19.2. The van der Waals surface area contributed by atoms with Crippen molar-refractivity contribution in [2.75, 3.05) is 14.2 Å². The number of amides is 1. The van der Waals surface area contributed by atoms with Gasteiger partial charge in [0, 0.05) is 11.6 Å². The first kappa shape index (κ1) is 18.5. The molecule has 0 radical (unpaired) electrons. The van der Waals surface area contributed by atoms with Gasteiger partial charge in [-0.2, -0.15) is 0 Å². The number of aromatic amines is 1. The highest BCUT2D eigenvalue weighted by atomic mass is 16.5. The van der Waals surface area contributed by atoms with Gasteiger partial charge in [-0.3, -0.25) is 4.79 Å². The number of nitrogens with one attached hydrogen (secondary N) is 2. The van der Waals surface area contributed by atoms with Crippen molar-refractivity contribution < 1.29 is 14.3 Å². The third kappa shape index (κ3) is 4.47. The fourth-order valence-electron chi connectivity index (χ4n) is 2.85. The largest absolute Gasteiger partial charge is 0.497 e. The van der Waals surface area contributed by atoms with Gasteiger partial charge in [-0.1, -0.05) is 36.4 Å². The van der Waals surface area contributed by atoms with Gasteiger partial charge < -0.3 is 19.8 Å². The molecule has 3 aromatic rings. The highest BCUT2D eigenvalue weighted by Gasteiger charge is 2.15. The van der Waals surface area contributed by atoms with Crippen LogP contribution >= 0.6 is 0 Å². The van der Waals surface area contributed by atoms with Gasteiger partial charge in [-0.25, -0.2) is 4.98 Å². The molecule has 1 aromatic heterocycles. The number of ether oxygens (including phenoxy) is 2. The van der Waals surface area contributed by atoms with E-state index in [-0.39, 0.29) is 18.4 Å². The topological polar surface area (TPSA) is 76.2 Å². The fraction of sp³-hybridized carbons (Fsp3) is 0.238. The van der Waals surface area contributed by atoms with Gasteiger partial charge in [-0.15, -0.1) is 0 Å². The van der Waals surface area contributed by atoms with Crippen molar-refractivity contribution >= 4 is 5.91 Å². The SMILES string of the molecule is COc1ccc(CC(=O)NC(C)c2ncc(-c3ccccc3)[nH]2)c(OC)c1. The van der Waals surface area contributed by atoms with E-state index >= 15 is 0 Å². The van der Waals surface area contributed by atoms with Crippen molar-refractivity contribution in [1.29, 1.82) is 0 Å². The van der Waals surface area contributed by atoms with E-state index in [4.69, 9.17) is 9.47 Å². The molecule has 0 fully saturated rings. The number of hydrogen-bond donors (Lipinski definition) is 2. The number of H-pyrrole nitrogens is 1. The molecule has 1 heterocycles. The van der Waals surface area contributed by atoms with Gasteiger partial charge in [0.1, 0.15) is 17.3 Å². The first-order chi connectivity index (χ1) is 13.1. The molecule has 27 heavy (non-hydrogen) atoms. The van der Waals surface area contributed by atoms with E-state index < -0.39 is 0 Å². The predicted molar refractivity (Wildman–Crippen MR) is 104 cm³/mol. The Balaban J connectivity index is 1.65. The minimum absolute atomic E-state index is 0.108. The van der Waals surface area contributed by atoms with Crippen LogP contribution in [-0.4, -0.2) is 30.1 Å². The summed E-state index contributed by atoms with van der Waals surface area (Å²) in [6.45, 7) is 1.90. The van der Waals surface area contributed by atoms with Crippen LogP contribution in [0.3, 0.4) is 0 Å². The summed E-state index contributed by atoms with van der Waals surface area (Å²) in [5.74, 6) is 1.92. The molecule has 0 aliphatic heterocycles. The molecule has 6 heteroatoms. The Hall–Kier alpha value is -3.28. The zero-order valence-electron chi connectivity index (χ0n) is 15.7. The van der Waals surface area contributed by atoms with Crippen molar-refractivity contribution in [2.45, 2.75) is 19.4 Å². The number of nitrogens with zero attached hydrogens (tertiary/aromatic N) is 1. The maximum absolute atomic E-state index is 12.5. The van der Waals surface area contributed by atoms with Gasteiger partial charge in [-0.05, 0) is 18.6 Å². The molecule has 2 aromatic carbocycles. The molecule has 6 nitrogen and oxygen atoms in total. The number of carbonyl (C=O) groups is 1. The molecule has 0 bridgehead atoms. The van der Waals surface area contributed by atoms with E-state index in [0.717, 1.165) is 16.8 Å². The molecule has 1 amide bonds. The average Bonchev–Trinajstić information content (AvgIpc) is 3.19. The van der Waals surface area contributed by atoms with Gasteiger partial charge >= 0.3 is 0 Å². The van der Waals surface area contributed by atoms with E-state index in [0.29, 0.717) is 17.3 Å². The van der Waals surface area contributed by atoms with Gasteiger partial charge in [0.25, 0.3) is 0 Å². The molecule has 140 valence electrons. The van der Waals surface area contributed by atoms with Crippen molar-refractivity contribution in [3.63, 3.8) is 0 Å². The maximum atomic E-state index is 12.5. The Kier molecular flexibility index (Phi) is 5.76. The lowest BCUT2D eigenvalue weighted by Gasteiger charge is -2.13. The smallest absolute Gasteiger partial charge is 0.225 e. The summed E-state index contributed by atoms with van der Waals surface area (Å²) < 4.78 is 10.5. The molecule has 0 saturated heterocycles. The second-order valence-electron chi connectivity index (χ2n) is 6.19. The average molecular weight is 365 g/mol. The summed E-state index contributed by atoms with van der Waals surface area (Å²) in [6, 6.07) is 15.1. The van der Waals surface area contributed by atoms with Crippen LogP contribution in [0.4, 0.5) is 0 Å². The van der Waals surface area contributed by atoms with Gasteiger partial charge in [0.2, 0.25) is 5.91 Å². The van der Waals surface area contributed by atoms with Crippen LogP contribution < -0.4 is 14.8 Å². The van der Waals surface area contributed by atoms with Crippen LogP contribution in [0.15, 0.2) is 54.7 Å². The maximum Gasteiger partial charge on any atom is 0.225 e. The number of methoxy groups -OCH3 is 2. The lowest BCUT2D eigenvalue weighted by Crippen LogP contribution is -2.28. The van der Waals surface area contributed by atoms with Gasteiger partial charge in [0.05, 0.1) is 38.6 Å². The highest BCUT2D eigenvalue weighted by Crippen LogP contribution is 2.25. The molecular formula is C21H23N3O3. The molecule has 0 aliphatic carbocycles. The lowest BCUT2D eigenvalue weighted by molar-refractivity contribution is -0.121. The Morgan fingerprint density at radius 1 is 1.15 bits per heavy atom. The van der Waals surface area contributed by atoms with E-state index in [1.165, 1.54) is 0 Å². The second kappa shape index (κ2) is 8.40. The van der Waals surface area contributed by atoms with E-state index in [2.05, 4.69) is 15.3 Å². The van der Waals surface area contributed by atoms with Crippen molar-refractivity contribution in [3.05, 3.63) is 66.1 Å². The van der Waals surface area contributed by atoms with Crippen LogP contribution in [-0.2, 0) is 11.2 Å². The van der Waals surface area contributed by atoms with Crippen molar-refractivity contribution in [3.8, 4) is 22.8 Å². The van der Waals surface area contributed by atoms with E-state index in [1.807, 2.05) is 49.4 Å². The molecule has 0 aliphatic rings. The second-order valence-corrected chi connectivity index (χ2v) is 6.19. The molecule has 1 unspecified atom stereocenters. The van der Waals surface area contributed by atoms with Crippen LogP contribution in [0.5, 0.6) is 11.5 Å². The first-order valence-electron chi connectivity index (χ1n) is 8.71. The minimum atomic E-state index is -0.237. The number of benzene rings is 2. The Labute approximate surface area is 158 Å². The molecule has 0 spiro atoms. The summed E-state index contributed by atoms with van der Waals surface area (Å²) in [5.41, 5.74) is 2.77. The van der Waals surface area contributed by atoms with Crippen LogP contribution in [0.1, 0.15) is 24.4 Å². The van der Waals surface area contributed by atoms with Crippen LogP contribution in [0.2, 0.25) is 0 Å². The summed E-state index contributed by atoms with van der Waals surface area (Å²) in [7, 11) is 3.17. The lowest BCUT2D eigenvalue weighted by atomic mass is 10.1. The molecule has 2 N–H and O–H groups in total. The number of carbonyl (C=O) groups excluding carboxylic acids is 1. The standard InChI is InChI=1S/C21H23N3O3/c1-14(21-22-13-18(24-21)15-7-5-4-6-8-15)23-20(25)11-16-9-10-17(26-2)12-19(16)27-3/h4-10,12-14H,11H2,1-3H3,(H,22,24)(H,23,25). The van der Waals surface area contributed by atoms with Crippen LogP contribution in [0.25, 0.3) is 11.3 Å². The fourth-order valence-corrected chi connectivity index (χ4v) is 2.85. The number of rotatable bonds is 7. The summed E-state index contributed by atoms with van der Waals surface area (Å²) in [5, 5.41) is 2.97. The summed E-state index contributed by atoms with van der Waals surface area (Å²) >= 11 is 0. The van der Waals surface area contributed by atoms with E-state index in [1.54, 1.807) is 26.5 Å².